The Balaban J connectivity index is 2.18. The predicted octanol–water partition coefficient (Wildman–Crippen LogP) is 4.82. The van der Waals surface area contributed by atoms with Crippen molar-refractivity contribution in [2.75, 3.05) is 0 Å². The van der Waals surface area contributed by atoms with Gasteiger partial charge in [0.25, 0.3) is 0 Å². The van der Waals surface area contributed by atoms with E-state index in [4.69, 9.17) is 23.2 Å². The SMILES string of the molecule is O=C(O)c1cc(-c2cc(F)c(Cl)cc2Cl)nn1-c1ccc(F)cc1. The molecule has 0 aliphatic heterocycles. The lowest BCUT2D eigenvalue weighted by Gasteiger charge is -2.04. The Morgan fingerprint density at radius 1 is 1.04 bits per heavy atom. The molecule has 2 aromatic carbocycles. The minimum absolute atomic E-state index is 0.127. The highest BCUT2D eigenvalue weighted by Crippen LogP contribution is 2.32. The van der Waals surface area contributed by atoms with Crippen LogP contribution in [0.5, 0.6) is 0 Å². The van der Waals surface area contributed by atoms with Crippen LogP contribution in [-0.2, 0) is 0 Å². The Hall–Kier alpha value is -2.44. The first-order valence-corrected chi connectivity index (χ1v) is 7.36. The zero-order valence-electron chi connectivity index (χ0n) is 11.8. The molecule has 0 amide bonds. The predicted molar refractivity (Wildman–Crippen MR) is 85.9 cm³/mol. The summed E-state index contributed by atoms with van der Waals surface area (Å²) in [7, 11) is 0. The second kappa shape index (κ2) is 6.22. The van der Waals surface area contributed by atoms with Gasteiger partial charge in [-0.05, 0) is 42.5 Å². The first kappa shape index (κ1) is 16.4. The first-order valence-electron chi connectivity index (χ1n) is 6.61. The van der Waals surface area contributed by atoms with Gasteiger partial charge in [0.15, 0.2) is 5.69 Å². The maximum Gasteiger partial charge on any atom is 0.354 e. The van der Waals surface area contributed by atoms with Crippen LogP contribution >= 0.6 is 23.2 Å². The van der Waals surface area contributed by atoms with Crippen molar-refractivity contribution in [3.63, 3.8) is 0 Å². The Labute approximate surface area is 144 Å². The van der Waals surface area contributed by atoms with Gasteiger partial charge in [0.1, 0.15) is 11.6 Å². The molecule has 122 valence electrons. The third-order valence-corrected chi connectivity index (χ3v) is 3.89. The van der Waals surface area contributed by atoms with Crippen LogP contribution in [0.15, 0.2) is 42.5 Å². The zero-order chi connectivity index (χ0) is 17.4. The lowest BCUT2D eigenvalue weighted by molar-refractivity contribution is 0.0687. The van der Waals surface area contributed by atoms with Gasteiger partial charge in [-0.3, -0.25) is 0 Å². The van der Waals surface area contributed by atoms with E-state index in [-0.39, 0.29) is 27.0 Å². The second-order valence-corrected chi connectivity index (χ2v) is 5.67. The summed E-state index contributed by atoms with van der Waals surface area (Å²) >= 11 is 11.7. The van der Waals surface area contributed by atoms with Gasteiger partial charge >= 0.3 is 5.97 Å². The van der Waals surface area contributed by atoms with Gasteiger partial charge in [0.05, 0.1) is 21.4 Å². The van der Waals surface area contributed by atoms with Crippen LogP contribution in [0.4, 0.5) is 8.78 Å². The van der Waals surface area contributed by atoms with Crippen LogP contribution in [0.25, 0.3) is 16.9 Å². The molecular formula is C16H8Cl2F2N2O2. The highest BCUT2D eigenvalue weighted by Gasteiger charge is 2.19. The molecule has 0 aliphatic carbocycles. The van der Waals surface area contributed by atoms with Crippen molar-refractivity contribution in [3.05, 3.63) is 69.8 Å². The molecule has 1 N–H and O–H groups in total. The van der Waals surface area contributed by atoms with Crippen molar-refractivity contribution in [1.29, 1.82) is 0 Å². The Bertz CT molecular complexity index is 940. The number of benzene rings is 2. The molecule has 0 radical (unpaired) electrons. The number of halogens is 4. The highest BCUT2D eigenvalue weighted by atomic mass is 35.5. The maximum absolute atomic E-state index is 13.7. The second-order valence-electron chi connectivity index (χ2n) is 4.85. The minimum Gasteiger partial charge on any atom is -0.477 e. The number of carboxylic acid groups (broad SMARTS) is 1. The van der Waals surface area contributed by atoms with E-state index in [0.717, 1.165) is 10.7 Å². The molecule has 3 rings (SSSR count). The van der Waals surface area contributed by atoms with E-state index < -0.39 is 17.6 Å². The number of hydrogen-bond acceptors (Lipinski definition) is 2. The summed E-state index contributed by atoms with van der Waals surface area (Å²) in [5.41, 5.74) is 0.507. The van der Waals surface area contributed by atoms with Gasteiger partial charge in [-0.25, -0.2) is 18.3 Å². The standard InChI is InChI=1S/C16H8Cl2F2N2O2/c17-11-6-12(18)13(20)5-10(11)14-7-15(16(23)24)22(21-14)9-3-1-8(19)2-4-9/h1-7H,(H,23,24). The number of aromatic carboxylic acids is 1. The molecule has 0 unspecified atom stereocenters. The Morgan fingerprint density at radius 2 is 1.71 bits per heavy atom. The molecule has 1 heterocycles. The molecule has 0 fully saturated rings. The summed E-state index contributed by atoms with van der Waals surface area (Å²) < 4.78 is 27.9. The van der Waals surface area contributed by atoms with Gasteiger partial charge in [0.2, 0.25) is 0 Å². The first-order chi connectivity index (χ1) is 11.4. The Kier molecular flexibility index (Phi) is 4.26. The molecule has 0 bridgehead atoms. The molecule has 1 aromatic heterocycles. The van der Waals surface area contributed by atoms with Crippen LogP contribution in [-0.4, -0.2) is 20.9 Å². The van der Waals surface area contributed by atoms with E-state index >= 15 is 0 Å². The van der Waals surface area contributed by atoms with Crippen LogP contribution in [0.2, 0.25) is 10.0 Å². The fourth-order valence-electron chi connectivity index (χ4n) is 2.16. The summed E-state index contributed by atoms with van der Waals surface area (Å²) in [5.74, 6) is -2.42. The molecule has 0 spiro atoms. The maximum atomic E-state index is 13.7. The van der Waals surface area contributed by atoms with Gasteiger partial charge in [-0.15, -0.1) is 0 Å². The molecule has 8 heteroatoms. The quantitative estimate of drug-likeness (QED) is 0.674. The van der Waals surface area contributed by atoms with Crippen LogP contribution in [0.3, 0.4) is 0 Å². The van der Waals surface area contributed by atoms with Crippen LogP contribution < -0.4 is 0 Å². The lowest BCUT2D eigenvalue weighted by Crippen LogP contribution is -2.07. The van der Waals surface area contributed by atoms with Crippen LogP contribution in [0, 0.1) is 11.6 Å². The van der Waals surface area contributed by atoms with Crippen molar-refractivity contribution in [1.82, 2.24) is 9.78 Å². The monoisotopic (exact) mass is 368 g/mol. The van der Waals surface area contributed by atoms with Gasteiger partial charge < -0.3 is 5.11 Å². The van der Waals surface area contributed by atoms with E-state index in [9.17, 15) is 18.7 Å². The molecule has 0 saturated heterocycles. The molecule has 3 aromatic rings. The zero-order valence-corrected chi connectivity index (χ0v) is 13.3. The summed E-state index contributed by atoms with van der Waals surface area (Å²) in [6.45, 7) is 0. The van der Waals surface area contributed by atoms with Gasteiger partial charge in [0, 0.05) is 5.56 Å². The summed E-state index contributed by atoms with van der Waals surface area (Å²) in [6, 6.07) is 8.65. The van der Waals surface area contributed by atoms with Crippen molar-refractivity contribution in [2.24, 2.45) is 0 Å². The fourth-order valence-corrected chi connectivity index (χ4v) is 2.64. The Morgan fingerprint density at radius 3 is 2.33 bits per heavy atom. The van der Waals surface area contributed by atoms with E-state index in [1.54, 1.807) is 0 Å². The van der Waals surface area contributed by atoms with E-state index in [2.05, 4.69) is 5.10 Å². The van der Waals surface area contributed by atoms with Crippen molar-refractivity contribution >= 4 is 29.2 Å². The number of rotatable bonds is 3. The average Bonchev–Trinajstić information content (AvgIpc) is 2.97. The summed E-state index contributed by atoms with van der Waals surface area (Å²) in [5, 5.41) is 13.5. The number of carbonyl (C=O) groups is 1. The molecule has 0 aliphatic rings. The number of aromatic nitrogens is 2. The molecule has 0 saturated carbocycles. The summed E-state index contributed by atoms with van der Waals surface area (Å²) in [4.78, 5) is 11.4. The number of hydrogen-bond donors (Lipinski definition) is 1. The fraction of sp³-hybridized carbons (Fsp3) is 0. The largest absolute Gasteiger partial charge is 0.477 e. The normalized spacial score (nSPS) is 10.8. The topological polar surface area (TPSA) is 55.1 Å². The third-order valence-electron chi connectivity index (χ3n) is 3.29. The smallest absolute Gasteiger partial charge is 0.354 e. The lowest BCUT2D eigenvalue weighted by atomic mass is 10.1. The van der Waals surface area contributed by atoms with E-state index in [0.29, 0.717) is 5.69 Å². The van der Waals surface area contributed by atoms with E-state index in [1.807, 2.05) is 0 Å². The third kappa shape index (κ3) is 2.98. The van der Waals surface area contributed by atoms with E-state index in [1.165, 1.54) is 36.4 Å². The van der Waals surface area contributed by atoms with Crippen LogP contribution in [0.1, 0.15) is 10.5 Å². The molecule has 24 heavy (non-hydrogen) atoms. The number of nitrogens with zero attached hydrogens (tertiary/aromatic N) is 2. The van der Waals surface area contributed by atoms with Crippen molar-refractivity contribution in [3.8, 4) is 16.9 Å². The molecular weight excluding hydrogens is 361 g/mol. The van der Waals surface area contributed by atoms with Gasteiger partial charge in [-0.1, -0.05) is 23.2 Å². The van der Waals surface area contributed by atoms with Crippen molar-refractivity contribution < 1.29 is 18.7 Å². The van der Waals surface area contributed by atoms with Crippen molar-refractivity contribution in [2.45, 2.75) is 0 Å². The highest BCUT2D eigenvalue weighted by molar-refractivity contribution is 6.36. The summed E-state index contributed by atoms with van der Waals surface area (Å²) in [6.07, 6.45) is 0. The molecule has 4 nitrogen and oxygen atoms in total. The number of carboxylic acids is 1. The molecule has 0 atom stereocenters. The van der Waals surface area contributed by atoms with Gasteiger partial charge in [-0.2, -0.15) is 5.10 Å². The average molecular weight is 369 g/mol. The minimum atomic E-state index is -1.25.